The largest absolute Gasteiger partial charge is 0.380 e. The summed E-state index contributed by atoms with van der Waals surface area (Å²) in [5.41, 5.74) is 0.299. The molecule has 0 aromatic carbocycles. The maximum Gasteiger partial charge on any atom is 0.0624 e. The van der Waals surface area contributed by atoms with Crippen molar-refractivity contribution in [1.29, 1.82) is 0 Å². The lowest BCUT2D eigenvalue weighted by Crippen LogP contribution is -2.65. The molecule has 0 amide bonds. The highest BCUT2D eigenvalue weighted by molar-refractivity contribution is 4.96. The van der Waals surface area contributed by atoms with Gasteiger partial charge >= 0.3 is 0 Å². The number of nitrogens with one attached hydrogen (secondary N) is 1. The highest BCUT2D eigenvalue weighted by atomic mass is 16.5. The fourth-order valence-electron chi connectivity index (χ4n) is 3.28. The maximum atomic E-state index is 5.80. The first-order valence-corrected chi connectivity index (χ1v) is 8.75. The molecule has 126 valence electrons. The van der Waals surface area contributed by atoms with Crippen LogP contribution in [0.25, 0.3) is 0 Å². The minimum absolute atomic E-state index is 0.299. The zero-order chi connectivity index (χ0) is 16.2. The molecule has 1 aliphatic rings. The molecular formula is C18H38N2O. The minimum atomic E-state index is 0.299. The molecule has 3 nitrogen and oxygen atoms in total. The monoisotopic (exact) mass is 298 g/mol. The highest BCUT2D eigenvalue weighted by Crippen LogP contribution is 2.28. The number of nitrogens with zero attached hydrogens (tertiary/aromatic N) is 1. The molecule has 0 radical (unpaired) electrons. The van der Waals surface area contributed by atoms with Gasteiger partial charge in [-0.15, -0.1) is 0 Å². The molecule has 0 saturated carbocycles. The van der Waals surface area contributed by atoms with E-state index in [-0.39, 0.29) is 0 Å². The van der Waals surface area contributed by atoms with Crippen LogP contribution >= 0.6 is 0 Å². The van der Waals surface area contributed by atoms with Crippen LogP contribution in [0, 0.1) is 17.3 Å². The molecule has 1 N–H and O–H groups in total. The fraction of sp³-hybridized carbons (Fsp3) is 1.00. The van der Waals surface area contributed by atoms with Gasteiger partial charge in [-0.2, -0.15) is 0 Å². The van der Waals surface area contributed by atoms with Gasteiger partial charge in [-0.3, -0.25) is 4.90 Å². The fourth-order valence-corrected chi connectivity index (χ4v) is 3.28. The predicted molar refractivity (Wildman–Crippen MR) is 91.7 cm³/mol. The van der Waals surface area contributed by atoms with Crippen LogP contribution in [0.2, 0.25) is 0 Å². The Balaban J connectivity index is 2.91. The van der Waals surface area contributed by atoms with Crippen LogP contribution in [-0.2, 0) is 4.74 Å². The summed E-state index contributed by atoms with van der Waals surface area (Å²) < 4.78 is 5.80. The number of hydrogen-bond donors (Lipinski definition) is 1. The van der Waals surface area contributed by atoms with Gasteiger partial charge in [-0.05, 0) is 24.2 Å². The van der Waals surface area contributed by atoms with E-state index in [2.05, 4.69) is 65.6 Å². The molecule has 3 unspecified atom stereocenters. The van der Waals surface area contributed by atoms with E-state index in [1.165, 1.54) is 0 Å². The summed E-state index contributed by atoms with van der Waals surface area (Å²) in [7, 11) is 0. The third-order valence-corrected chi connectivity index (χ3v) is 4.90. The average molecular weight is 299 g/mol. The normalized spacial score (nSPS) is 26.6. The Bertz CT molecular complexity index is 296. The van der Waals surface area contributed by atoms with Gasteiger partial charge in [0.2, 0.25) is 0 Å². The Hall–Kier alpha value is -0.120. The molecule has 1 saturated heterocycles. The van der Waals surface area contributed by atoms with E-state index in [4.69, 9.17) is 4.74 Å². The van der Waals surface area contributed by atoms with Gasteiger partial charge in [0.05, 0.1) is 6.61 Å². The Morgan fingerprint density at radius 1 is 1.19 bits per heavy atom. The minimum Gasteiger partial charge on any atom is -0.380 e. The van der Waals surface area contributed by atoms with E-state index in [0.29, 0.717) is 35.4 Å². The van der Waals surface area contributed by atoms with Crippen molar-refractivity contribution in [2.75, 3.05) is 26.3 Å². The molecule has 3 heteroatoms. The lowest BCUT2D eigenvalue weighted by Gasteiger charge is -2.50. The van der Waals surface area contributed by atoms with E-state index < -0.39 is 0 Å². The summed E-state index contributed by atoms with van der Waals surface area (Å²) in [6.45, 7) is 22.3. The molecule has 1 rings (SSSR count). The van der Waals surface area contributed by atoms with Crippen molar-refractivity contribution in [3.8, 4) is 0 Å². The van der Waals surface area contributed by atoms with Crippen molar-refractivity contribution in [3.05, 3.63) is 0 Å². The second-order valence-corrected chi connectivity index (χ2v) is 8.31. The van der Waals surface area contributed by atoms with Crippen molar-refractivity contribution in [3.63, 3.8) is 0 Å². The summed E-state index contributed by atoms with van der Waals surface area (Å²) in [5, 5.41) is 3.79. The highest BCUT2D eigenvalue weighted by Gasteiger charge is 2.39. The van der Waals surface area contributed by atoms with E-state index in [1.54, 1.807) is 0 Å². The van der Waals surface area contributed by atoms with Crippen LogP contribution in [0.5, 0.6) is 0 Å². The lowest BCUT2D eigenvalue weighted by molar-refractivity contribution is -0.0244. The molecule has 1 fully saturated rings. The zero-order valence-corrected chi connectivity index (χ0v) is 15.6. The Labute approximate surface area is 132 Å². The number of rotatable bonds is 6. The zero-order valence-electron chi connectivity index (χ0n) is 15.6. The van der Waals surface area contributed by atoms with Gasteiger partial charge in [0.25, 0.3) is 0 Å². The molecule has 0 spiro atoms. The van der Waals surface area contributed by atoms with Crippen LogP contribution in [-0.4, -0.2) is 49.3 Å². The maximum absolute atomic E-state index is 5.80. The molecule has 0 aromatic heterocycles. The van der Waals surface area contributed by atoms with Gasteiger partial charge < -0.3 is 10.1 Å². The Morgan fingerprint density at radius 2 is 1.81 bits per heavy atom. The van der Waals surface area contributed by atoms with Gasteiger partial charge in [0.1, 0.15) is 0 Å². The number of ether oxygens (including phenoxy) is 1. The van der Waals surface area contributed by atoms with E-state index in [0.717, 1.165) is 26.3 Å². The van der Waals surface area contributed by atoms with Crippen LogP contribution in [0.1, 0.15) is 55.4 Å². The van der Waals surface area contributed by atoms with Crippen LogP contribution in [0.4, 0.5) is 0 Å². The molecule has 1 heterocycles. The van der Waals surface area contributed by atoms with Crippen molar-refractivity contribution in [2.45, 2.75) is 73.5 Å². The smallest absolute Gasteiger partial charge is 0.0624 e. The number of piperazine rings is 1. The SMILES string of the molecule is CCOCC(C(C)C)N1CC(C(C)(C)C)NCC1C(C)C. The third-order valence-electron chi connectivity index (χ3n) is 4.90. The second-order valence-electron chi connectivity index (χ2n) is 8.31. The summed E-state index contributed by atoms with van der Waals surface area (Å²) >= 11 is 0. The molecule has 21 heavy (non-hydrogen) atoms. The van der Waals surface area contributed by atoms with E-state index in [9.17, 15) is 0 Å². The number of hydrogen-bond acceptors (Lipinski definition) is 3. The first-order valence-electron chi connectivity index (χ1n) is 8.75. The third kappa shape index (κ3) is 5.22. The summed E-state index contributed by atoms with van der Waals surface area (Å²) in [6, 6.07) is 1.68. The summed E-state index contributed by atoms with van der Waals surface area (Å²) in [6.07, 6.45) is 0. The molecule has 0 bridgehead atoms. The average Bonchev–Trinajstić information content (AvgIpc) is 2.37. The Morgan fingerprint density at radius 3 is 2.24 bits per heavy atom. The van der Waals surface area contributed by atoms with Gasteiger partial charge in [-0.1, -0.05) is 48.5 Å². The van der Waals surface area contributed by atoms with Crippen LogP contribution < -0.4 is 5.32 Å². The van der Waals surface area contributed by atoms with Gasteiger partial charge in [0, 0.05) is 37.8 Å². The Kier molecular flexibility index (Phi) is 7.15. The molecule has 1 aliphatic heterocycles. The predicted octanol–water partition coefficient (Wildman–Crippen LogP) is 3.39. The van der Waals surface area contributed by atoms with E-state index in [1.807, 2.05) is 0 Å². The standard InChI is InChI=1S/C18H38N2O/c1-9-21-12-16(14(4)5)20-11-17(18(6,7)8)19-10-15(20)13(2)3/h13-17,19H,9-12H2,1-8H3. The first-order chi connectivity index (χ1) is 9.68. The van der Waals surface area contributed by atoms with Gasteiger partial charge in [0.15, 0.2) is 0 Å². The summed E-state index contributed by atoms with van der Waals surface area (Å²) in [5.74, 6) is 1.29. The van der Waals surface area contributed by atoms with Crippen LogP contribution in [0.3, 0.4) is 0 Å². The van der Waals surface area contributed by atoms with Crippen molar-refractivity contribution in [2.24, 2.45) is 17.3 Å². The molecular weight excluding hydrogens is 260 g/mol. The molecule has 0 aromatic rings. The second kappa shape index (κ2) is 7.94. The first kappa shape index (κ1) is 18.9. The van der Waals surface area contributed by atoms with Crippen molar-refractivity contribution >= 4 is 0 Å². The van der Waals surface area contributed by atoms with Crippen molar-refractivity contribution < 1.29 is 4.74 Å². The van der Waals surface area contributed by atoms with E-state index >= 15 is 0 Å². The molecule has 3 atom stereocenters. The topological polar surface area (TPSA) is 24.5 Å². The van der Waals surface area contributed by atoms with Crippen molar-refractivity contribution in [1.82, 2.24) is 10.2 Å². The summed E-state index contributed by atoms with van der Waals surface area (Å²) in [4.78, 5) is 2.73. The van der Waals surface area contributed by atoms with Gasteiger partial charge in [-0.25, -0.2) is 0 Å². The van der Waals surface area contributed by atoms with Crippen LogP contribution in [0.15, 0.2) is 0 Å². The quantitative estimate of drug-likeness (QED) is 0.813. The lowest BCUT2D eigenvalue weighted by atomic mass is 9.82. The molecule has 0 aliphatic carbocycles.